The lowest BCUT2D eigenvalue weighted by Gasteiger charge is -2.30. The Balaban J connectivity index is 1.65. The molecule has 2 heterocycles. The van der Waals surface area contributed by atoms with Crippen molar-refractivity contribution in [3.8, 4) is 0 Å². The van der Waals surface area contributed by atoms with Crippen LogP contribution in [0, 0.1) is 19.3 Å². The third kappa shape index (κ3) is 3.92. The van der Waals surface area contributed by atoms with E-state index in [1.54, 1.807) is 17.3 Å². The summed E-state index contributed by atoms with van der Waals surface area (Å²) in [6, 6.07) is 11.8. The van der Waals surface area contributed by atoms with Gasteiger partial charge in [0.1, 0.15) is 5.82 Å². The molecule has 1 aromatic heterocycles. The zero-order chi connectivity index (χ0) is 21.3. The minimum Gasteiger partial charge on any atom is -0.326 e. The molecule has 3 aromatic rings. The highest BCUT2D eigenvalue weighted by molar-refractivity contribution is 6.12. The number of anilines is 1. The lowest BCUT2D eigenvalue weighted by Crippen LogP contribution is -2.38. The highest BCUT2D eigenvalue weighted by Crippen LogP contribution is 2.29. The van der Waals surface area contributed by atoms with Crippen molar-refractivity contribution in [2.75, 3.05) is 5.32 Å². The van der Waals surface area contributed by atoms with Crippen LogP contribution in [0.2, 0.25) is 0 Å². The van der Waals surface area contributed by atoms with Crippen LogP contribution in [0.25, 0.3) is 0 Å². The second kappa shape index (κ2) is 8.04. The maximum Gasteiger partial charge on any atom is 0.322 e. The molecule has 0 saturated heterocycles. The molecule has 1 aliphatic rings. The molecule has 0 spiro atoms. The molecule has 0 aliphatic carbocycles. The Labute approximate surface area is 175 Å². The van der Waals surface area contributed by atoms with Crippen LogP contribution in [0.4, 0.5) is 10.5 Å². The number of benzene rings is 2. The summed E-state index contributed by atoms with van der Waals surface area (Å²) in [5.41, 5.74) is 12.4. The summed E-state index contributed by atoms with van der Waals surface area (Å²) < 4.78 is 0. The number of carbonyl (C=O) groups excluding carboxylic acids is 1. The lowest BCUT2D eigenvalue weighted by molar-refractivity contribution is 0.204. The van der Waals surface area contributed by atoms with Crippen molar-refractivity contribution < 1.29 is 4.79 Å². The lowest BCUT2D eigenvalue weighted by atomic mass is 9.94. The second-order valence-corrected chi connectivity index (χ2v) is 7.54. The van der Waals surface area contributed by atoms with Gasteiger partial charge in [0, 0.05) is 48.8 Å². The number of nitrogens with two attached hydrogens (primary N) is 1. The fourth-order valence-electron chi connectivity index (χ4n) is 3.65. The SMILES string of the molecule is Cc1cccc(CN2Cc3cc(C(=N)c4cnc(C)nc4)c(CN)cc3NC2=O)c1. The van der Waals surface area contributed by atoms with Crippen molar-refractivity contribution in [2.24, 2.45) is 5.73 Å². The zero-order valence-corrected chi connectivity index (χ0v) is 17.1. The molecule has 0 fully saturated rings. The number of amides is 2. The molecule has 0 unspecified atom stereocenters. The molecule has 30 heavy (non-hydrogen) atoms. The van der Waals surface area contributed by atoms with Gasteiger partial charge in [-0.3, -0.25) is 5.41 Å². The van der Waals surface area contributed by atoms with E-state index in [2.05, 4.69) is 21.4 Å². The van der Waals surface area contributed by atoms with Gasteiger partial charge in [0.25, 0.3) is 0 Å². The first-order valence-corrected chi connectivity index (χ1v) is 9.80. The Morgan fingerprint density at radius 3 is 2.67 bits per heavy atom. The number of rotatable bonds is 5. The Hall–Kier alpha value is -3.58. The summed E-state index contributed by atoms with van der Waals surface area (Å²) >= 11 is 0. The average molecular weight is 400 g/mol. The van der Waals surface area contributed by atoms with Gasteiger partial charge in [-0.2, -0.15) is 0 Å². The smallest absolute Gasteiger partial charge is 0.322 e. The van der Waals surface area contributed by atoms with Crippen LogP contribution in [0.3, 0.4) is 0 Å². The van der Waals surface area contributed by atoms with Gasteiger partial charge < -0.3 is 16.0 Å². The van der Waals surface area contributed by atoms with Gasteiger partial charge in [-0.25, -0.2) is 14.8 Å². The molecular weight excluding hydrogens is 376 g/mol. The normalized spacial score (nSPS) is 13.0. The molecule has 2 aromatic carbocycles. The van der Waals surface area contributed by atoms with Gasteiger partial charge in [0.05, 0.1) is 5.71 Å². The minimum absolute atomic E-state index is 0.137. The number of hydrogen-bond donors (Lipinski definition) is 3. The van der Waals surface area contributed by atoms with E-state index in [-0.39, 0.29) is 12.6 Å². The van der Waals surface area contributed by atoms with Crippen molar-refractivity contribution in [3.63, 3.8) is 0 Å². The first kappa shape index (κ1) is 19.7. The predicted octanol–water partition coefficient (Wildman–Crippen LogP) is 3.52. The van der Waals surface area contributed by atoms with Crippen molar-refractivity contribution in [1.29, 1.82) is 5.41 Å². The van der Waals surface area contributed by atoms with Crippen molar-refractivity contribution in [1.82, 2.24) is 14.9 Å². The first-order chi connectivity index (χ1) is 14.4. The highest BCUT2D eigenvalue weighted by atomic mass is 16.2. The number of nitrogens with one attached hydrogen (secondary N) is 2. The van der Waals surface area contributed by atoms with Gasteiger partial charge in [-0.05, 0) is 42.7 Å². The topological polar surface area (TPSA) is 108 Å². The molecule has 0 atom stereocenters. The standard InChI is InChI=1S/C23H24N6O/c1-14-4-3-5-16(6-14)12-29-13-18-7-20(17(9-24)8-21(18)28-23(29)30)22(25)19-10-26-15(2)27-11-19/h3-8,10-11,25H,9,12-13,24H2,1-2H3,(H,28,30). The van der Waals surface area contributed by atoms with E-state index < -0.39 is 0 Å². The molecule has 0 radical (unpaired) electrons. The maximum atomic E-state index is 12.6. The van der Waals surface area contributed by atoms with Crippen LogP contribution < -0.4 is 11.1 Å². The summed E-state index contributed by atoms with van der Waals surface area (Å²) in [5.74, 6) is 0.658. The van der Waals surface area contributed by atoms with E-state index in [4.69, 9.17) is 11.1 Å². The van der Waals surface area contributed by atoms with Crippen LogP contribution in [-0.2, 0) is 19.6 Å². The maximum absolute atomic E-state index is 12.6. The number of aryl methyl sites for hydroxylation is 2. The Kier molecular flexibility index (Phi) is 5.29. The Morgan fingerprint density at radius 2 is 1.97 bits per heavy atom. The van der Waals surface area contributed by atoms with Crippen molar-refractivity contribution >= 4 is 17.4 Å². The monoisotopic (exact) mass is 400 g/mol. The van der Waals surface area contributed by atoms with Gasteiger partial charge in [0.2, 0.25) is 0 Å². The molecule has 152 valence electrons. The van der Waals surface area contributed by atoms with Crippen molar-refractivity contribution in [2.45, 2.75) is 33.5 Å². The van der Waals surface area contributed by atoms with Crippen LogP contribution >= 0.6 is 0 Å². The Morgan fingerprint density at radius 1 is 1.20 bits per heavy atom. The molecule has 2 amide bonds. The van der Waals surface area contributed by atoms with E-state index in [9.17, 15) is 4.79 Å². The largest absolute Gasteiger partial charge is 0.326 e. The summed E-state index contributed by atoms with van der Waals surface area (Å²) in [5, 5.41) is 11.6. The molecule has 1 aliphatic heterocycles. The third-order valence-corrected chi connectivity index (χ3v) is 5.23. The van der Waals surface area contributed by atoms with Crippen LogP contribution in [0.15, 0.2) is 48.8 Å². The number of nitrogens with zero attached hydrogens (tertiary/aromatic N) is 3. The summed E-state index contributed by atoms with van der Waals surface area (Å²) in [6.45, 7) is 5.09. The van der Waals surface area contributed by atoms with E-state index >= 15 is 0 Å². The minimum atomic E-state index is -0.137. The fraction of sp³-hybridized carbons (Fsp3) is 0.217. The number of hydrogen-bond acceptors (Lipinski definition) is 5. The molecule has 7 heteroatoms. The van der Waals surface area contributed by atoms with E-state index in [0.717, 1.165) is 33.5 Å². The summed E-state index contributed by atoms with van der Waals surface area (Å²) in [4.78, 5) is 22.8. The molecule has 7 nitrogen and oxygen atoms in total. The van der Waals surface area contributed by atoms with Gasteiger partial charge in [-0.1, -0.05) is 29.8 Å². The zero-order valence-electron chi connectivity index (χ0n) is 17.1. The Bertz CT molecular complexity index is 1120. The quantitative estimate of drug-likeness (QED) is 0.570. The molecule has 4 rings (SSSR count). The second-order valence-electron chi connectivity index (χ2n) is 7.54. The predicted molar refractivity (Wildman–Crippen MR) is 116 cm³/mol. The first-order valence-electron chi connectivity index (χ1n) is 9.80. The van der Waals surface area contributed by atoms with E-state index in [1.807, 2.05) is 44.2 Å². The number of fused-ring (bicyclic) bond motifs is 1. The molecule has 0 saturated carbocycles. The van der Waals surface area contributed by atoms with Crippen LogP contribution in [0.1, 0.15) is 39.2 Å². The third-order valence-electron chi connectivity index (χ3n) is 5.23. The molecular formula is C23H24N6O. The van der Waals surface area contributed by atoms with Crippen molar-refractivity contribution in [3.05, 3.63) is 88.0 Å². The van der Waals surface area contributed by atoms with E-state index in [1.165, 1.54) is 0 Å². The van der Waals surface area contributed by atoms with Gasteiger partial charge in [-0.15, -0.1) is 0 Å². The molecule has 0 bridgehead atoms. The number of aromatic nitrogens is 2. The fourth-order valence-corrected chi connectivity index (χ4v) is 3.65. The van der Waals surface area contributed by atoms with E-state index in [0.29, 0.717) is 30.2 Å². The van der Waals surface area contributed by atoms with Gasteiger partial charge >= 0.3 is 6.03 Å². The van der Waals surface area contributed by atoms with Gasteiger partial charge in [0.15, 0.2) is 0 Å². The number of urea groups is 1. The molecule has 4 N–H and O–H groups in total. The van der Waals surface area contributed by atoms with Crippen LogP contribution in [-0.4, -0.2) is 26.6 Å². The average Bonchev–Trinajstić information content (AvgIpc) is 2.73. The highest BCUT2D eigenvalue weighted by Gasteiger charge is 2.25. The summed E-state index contributed by atoms with van der Waals surface area (Å²) in [6.07, 6.45) is 3.30. The summed E-state index contributed by atoms with van der Waals surface area (Å²) in [7, 11) is 0. The van der Waals surface area contributed by atoms with Crippen LogP contribution in [0.5, 0.6) is 0 Å². The number of carbonyl (C=O) groups is 1.